The molecule has 0 amide bonds. The highest BCUT2D eigenvalue weighted by molar-refractivity contribution is 9.10. The normalized spacial score (nSPS) is 11.8. The number of rotatable bonds is 4. The summed E-state index contributed by atoms with van der Waals surface area (Å²) < 4.78 is 18.7. The number of carbonyl (C=O) groups is 2. The number of benzene rings is 2. The number of ketones is 1. The Morgan fingerprint density at radius 3 is 2.45 bits per heavy atom. The first kappa shape index (κ1) is 16.6. The van der Waals surface area contributed by atoms with Crippen molar-refractivity contribution in [2.45, 2.75) is 13.0 Å². The molecule has 0 radical (unpaired) electrons. The van der Waals surface area contributed by atoms with Crippen LogP contribution in [0.4, 0.5) is 4.39 Å². The maximum atomic E-state index is 13.2. The van der Waals surface area contributed by atoms with Crippen LogP contribution in [0.25, 0.3) is 0 Å². The van der Waals surface area contributed by atoms with Crippen LogP contribution in [-0.4, -0.2) is 17.9 Å². The molecule has 0 saturated heterocycles. The number of carbonyl (C=O) groups excluding carboxylic acids is 2. The van der Waals surface area contributed by atoms with Gasteiger partial charge < -0.3 is 4.74 Å². The largest absolute Gasteiger partial charge is 0.451 e. The Morgan fingerprint density at radius 2 is 1.82 bits per heavy atom. The molecule has 0 fully saturated rings. The lowest BCUT2D eigenvalue weighted by molar-refractivity contribution is 0.0317. The molecule has 0 heterocycles. The number of ether oxygens (including phenoxy) is 1. The molecule has 1 atom stereocenters. The second-order valence-electron chi connectivity index (χ2n) is 4.54. The Balaban J connectivity index is 2.12. The maximum absolute atomic E-state index is 13.2. The lowest BCUT2D eigenvalue weighted by Crippen LogP contribution is -2.24. The Hall–Kier alpha value is -1.72. The SMILES string of the molecule is C[C@H](OC(=O)c1cc(F)ccc1Br)C(=O)c1ccc(Cl)cc1. The van der Waals surface area contributed by atoms with E-state index in [-0.39, 0.29) is 11.3 Å². The molecule has 2 aromatic carbocycles. The summed E-state index contributed by atoms with van der Waals surface area (Å²) in [4.78, 5) is 24.2. The minimum atomic E-state index is -0.996. The van der Waals surface area contributed by atoms with Gasteiger partial charge in [-0.1, -0.05) is 11.6 Å². The van der Waals surface area contributed by atoms with Gasteiger partial charge in [-0.05, 0) is 65.3 Å². The lowest BCUT2D eigenvalue weighted by Gasteiger charge is -2.13. The van der Waals surface area contributed by atoms with Gasteiger partial charge in [-0.3, -0.25) is 4.79 Å². The molecule has 0 aliphatic heterocycles. The lowest BCUT2D eigenvalue weighted by atomic mass is 10.1. The highest BCUT2D eigenvalue weighted by Crippen LogP contribution is 2.20. The molecule has 0 aliphatic carbocycles. The van der Waals surface area contributed by atoms with Crippen LogP contribution in [0.5, 0.6) is 0 Å². The van der Waals surface area contributed by atoms with Crippen LogP contribution in [0.15, 0.2) is 46.9 Å². The Labute approximate surface area is 140 Å². The van der Waals surface area contributed by atoms with Gasteiger partial charge in [0.15, 0.2) is 6.10 Å². The second-order valence-corrected chi connectivity index (χ2v) is 5.83. The van der Waals surface area contributed by atoms with Gasteiger partial charge in [-0.15, -0.1) is 0 Å². The minimum absolute atomic E-state index is 0.0238. The molecule has 0 N–H and O–H groups in total. The summed E-state index contributed by atoms with van der Waals surface area (Å²) in [7, 11) is 0. The first-order valence-corrected chi connectivity index (χ1v) is 7.51. The van der Waals surface area contributed by atoms with E-state index in [9.17, 15) is 14.0 Å². The zero-order valence-electron chi connectivity index (χ0n) is 11.5. The fourth-order valence-corrected chi connectivity index (χ4v) is 2.31. The molecule has 22 heavy (non-hydrogen) atoms. The van der Waals surface area contributed by atoms with Crippen molar-refractivity contribution in [2.24, 2.45) is 0 Å². The predicted molar refractivity (Wildman–Crippen MR) is 84.8 cm³/mol. The molecule has 0 bridgehead atoms. The van der Waals surface area contributed by atoms with Crippen molar-refractivity contribution in [3.05, 3.63) is 68.9 Å². The molecule has 2 rings (SSSR count). The standard InChI is InChI=1S/C16H11BrClFO3/c1-9(15(20)10-2-4-11(18)5-3-10)22-16(21)13-8-12(19)6-7-14(13)17/h2-9H,1H3/t9-/m0/s1. The van der Waals surface area contributed by atoms with Crippen LogP contribution in [-0.2, 0) is 4.74 Å². The van der Waals surface area contributed by atoms with Gasteiger partial charge in [0.2, 0.25) is 5.78 Å². The quantitative estimate of drug-likeness (QED) is 0.567. The molecule has 0 aromatic heterocycles. The summed E-state index contributed by atoms with van der Waals surface area (Å²) >= 11 is 8.90. The van der Waals surface area contributed by atoms with Crippen molar-refractivity contribution in [1.82, 2.24) is 0 Å². The number of Topliss-reactive ketones (excluding diaryl/α,β-unsaturated/α-hetero) is 1. The summed E-state index contributed by atoms with van der Waals surface area (Å²) in [5, 5.41) is 0.505. The van der Waals surface area contributed by atoms with Crippen LogP contribution >= 0.6 is 27.5 Å². The first-order chi connectivity index (χ1) is 10.4. The summed E-state index contributed by atoms with van der Waals surface area (Å²) in [6.45, 7) is 1.46. The second kappa shape index (κ2) is 7.03. The zero-order valence-corrected chi connectivity index (χ0v) is 13.8. The topological polar surface area (TPSA) is 43.4 Å². The van der Waals surface area contributed by atoms with E-state index in [1.807, 2.05) is 0 Å². The van der Waals surface area contributed by atoms with E-state index in [0.29, 0.717) is 15.1 Å². The van der Waals surface area contributed by atoms with Gasteiger partial charge in [0.25, 0.3) is 0 Å². The molecular weight excluding hydrogens is 375 g/mol. The van der Waals surface area contributed by atoms with Crippen molar-refractivity contribution in [1.29, 1.82) is 0 Å². The van der Waals surface area contributed by atoms with Crippen molar-refractivity contribution in [3.63, 3.8) is 0 Å². The number of halogens is 3. The molecule has 2 aromatic rings. The highest BCUT2D eigenvalue weighted by Gasteiger charge is 2.22. The minimum Gasteiger partial charge on any atom is -0.451 e. The first-order valence-electron chi connectivity index (χ1n) is 6.34. The van der Waals surface area contributed by atoms with Crippen LogP contribution in [0, 0.1) is 5.82 Å². The van der Waals surface area contributed by atoms with Crippen molar-refractivity contribution in [2.75, 3.05) is 0 Å². The van der Waals surface area contributed by atoms with Gasteiger partial charge in [0, 0.05) is 15.1 Å². The number of hydrogen-bond donors (Lipinski definition) is 0. The zero-order chi connectivity index (χ0) is 16.3. The van der Waals surface area contributed by atoms with Crippen LogP contribution in [0.1, 0.15) is 27.6 Å². The van der Waals surface area contributed by atoms with E-state index in [4.69, 9.17) is 16.3 Å². The molecule has 3 nitrogen and oxygen atoms in total. The third-order valence-corrected chi connectivity index (χ3v) is 3.87. The maximum Gasteiger partial charge on any atom is 0.340 e. The predicted octanol–water partition coefficient (Wildman–Crippen LogP) is 4.67. The highest BCUT2D eigenvalue weighted by atomic mass is 79.9. The van der Waals surface area contributed by atoms with Gasteiger partial charge in [0.05, 0.1) is 5.56 Å². The van der Waals surface area contributed by atoms with E-state index < -0.39 is 17.9 Å². The fourth-order valence-electron chi connectivity index (χ4n) is 1.78. The molecule has 0 saturated carbocycles. The Morgan fingerprint density at radius 1 is 1.18 bits per heavy atom. The summed E-state index contributed by atoms with van der Waals surface area (Å²) in [6, 6.07) is 9.91. The number of esters is 1. The molecule has 0 unspecified atom stereocenters. The third kappa shape index (κ3) is 3.93. The fraction of sp³-hybridized carbons (Fsp3) is 0.125. The smallest absolute Gasteiger partial charge is 0.340 e. The molecule has 0 aliphatic rings. The summed E-state index contributed by atoms with van der Waals surface area (Å²) in [6.07, 6.45) is -0.996. The Bertz CT molecular complexity index is 716. The van der Waals surface area contributed by atoms with Crippen molar-refractivity contribution >= 4 is 39.3 Å². The average molecular weight is 386 g/mol. The van der Waals surface area contributed by atoms with E-state index in [0.717, 1.165) is 6.07 Å². The van der Waals surface area contributed by atoms with E-state index in [1.165, 1.54) is 19.1 Å². The van der Waals surface area contributed by atoms with E-state index in [1.54, 1.807) is 24.3 Å². The van der Waals surface area contributed by atoms with Gasteiger partial charge in [-0.25, -0.2) is 9.18 Å². The summed E-state index contributed by atoms with van der Waals surface area (Å²) in [5.74, 6) is -1.70. The van der Waals surface area contributed by atoms with Gasteiger partial charge in [-0.2, -0.15) is 0 Å². The average Bonchev–Trinajstić information content (AvgIpc) is 2.49. The van der Waals surface area contributed by atoms with Crippen LogP contribution in [0.2, 0.25) is 5.02 Å². The monoisotopic (exact) mass is 384 g/mol. The van der Waals surface area contributed by atoms with E-state index in [2.05, 4.69) is 15.9 Å². The Kier molecular flexibility index (Phi) is 5.32. The molecule has 114 valence electrons. The summed E-state index contributed by atoms with van der Waals surface area (Å²) in [5.41, 5.74) is 0.402. The van der Waals surface area contributed by atoms with E-state index >= 15 is 0 Å². The molecular formula is C16H11BrClFO3. The van der Waals surface area contributed by atoms with Gasteiger partial charge >= 0.3 is 5.97 Å². The van der Waals surface area contributed by atoms with Gasteiger partial charge in [0.1, 0.15) is 5.82 Å². The van der Waals surface area contributed by atoms with Crippen molar-refractivity contribution < 1.29 is 18.7 Å². The number of hydrogen-bond acceptors (Lipinski definition) is 3. The third-order valence-electron chi connectivity index (χ3n) is 2.93. The molecule has 0 spiro atoms. The van der Waals surface area contributed by atoms with Crippen LogP contribution < -0.4 is 0 Å². The molecule has 6 heteroatoms. The van der Waals surface area contributed by atoms with Crippen molar-refractivity contribution in [3.8, 4) is 0 Å². The van der Waals surface area contributed by atoms with Crippen LogP contribution in [0.3, 0.4) is 0 Å².